The second kappa shape index (κ2) is 10.2. The van der Waals surface area contributed by atoms with Gasteiger partial charge in [-0.1, -0.05) is 6.07 Å². The molecular formula is C23H22F4N6O2. The summed E-state index contributed by atoms with van der Waals surface area (Å²) in [6.45, 7) is 3.61. The maximum atomic E-state index is 14.2. The quantitative estimate of drug-likeness (QED) is 0.507. The van der Waals surface area contributed by atoms with E-state index in [1.165, 1.54) is 24.4 Å². The molecule has 4 rings (SSSR count). The van der Waals surface area contributed by atoms with Crippen LogP contribution < -0.4 is 15.5 Å². The van der Waals surface area contributed by atoms with Crippen LogP contribution in [0.15, 0.2) is 42.7 Å². The summed E-state index contributed by atoms with van der Waals surface area (Å²) in [6.07, 6.45) is -2.02. The number of nitrogens with zero attached hydrogens (tertiary/aromatic N) is 4. The summed E-state index contributed by atoms with van der Waals surface area (Å²) in [7, 11) is 0. The number of hydrogen-bond acceptors (Lipinski definition) is 7. The fourth-order valence-corrected chi connectivity index (χ4v) is 3.47. The SMILES string of the molecule is Cc1cc(C(=O)NCc2ncc(F)c(N3CCOCC3)n2)ncc1Nc1cccc(C(F)(F)F)c1. The van der Waals surface area contributed by atoms with Crippen LogP contribution in [-0.4, -0.2) is 47.2 Å². The molecule has 0 spiro atoms. The molecule has 184 valence electrons. The van der Waals surface area contributed by atoms with E-state index in [9.17, 15) is 22.4 Å². The number of nitrogens with one attached hydrogen (secondary N) is 2. The first-order valence-electron chi connectivity index (χ1n) is 10.7. The summed E-state index contributed by atoms with van der Waals surface area (Å²) in [5, 5.41) is 5.54. The Bertz CT molecular complexity index is 1210. The van der Waals surface area contributed by atoms with Crippen molar-refractivity contribution in [2.45, 2.75) is 19.6 Å². The summed E-state index contributed by atoms with van der Waals surface area (Å²) in [4.78, 5) is 26.6. The molecule has 2 N–H and O–H groups in total. The maximum absolute atomic E-state index is 14.2. The number of aromatic nitrogens is 3. The molecular weight excluding hydrogens is 468 g/mol. The summed E-state index contributed by atoms with van der Waals surface area (Å²) in [6, 6.07) is 6.29. The molecule has 35 heavy (non-hydrogen) atoms. The van der Waals surface area contributed by atoms with Crippen molar-refractivity contribution in [3.8, 4) is 0 Å². The van der Waals surface area contributed by atoms with Gasteiger partial charge in [0.2, 0.25) is 0 Å². The van der Waals surface area contributed by atoms with Gasteiger partial charge >= 0.3 is 6.18 Å². The first-order chi connectivity index (χ1) is 16.7. The third kappa shape index (κ3) is 6.01. The van der Waals surface area contributed by atoms with Crippen LogP contribution in [0.3, 0.4) is 0 Å². The van der Waals surface area contributed by atoms with E-state index >= 15 is 0 Å². The van der Waals surface area contributed by atoms with E-state index < -0.39 is 23.5 Å². The first kappa shape index (κ1) is 24.3. The van der Waals surface area contributed by atoms with Gasteiger partial charge in [-0.15, -0.1) is 0 Å². The maximum Gasteiger partial charge on any atom is 0.416 e. The zero-order valence-corrected chi connectivity index (χ0v) is 18.7. The van der Waals surface area contributed by atoms with E-state index in [1.54, 1.807) is 11.8 Å². The molecule has 0 aliphatic carbocycles. The lowest BCUT2D eigenvalue weighted by Gasteiger charge is -2.28. The molecule has 1 aromatic carbocycles. The van der Waals surface area contributed by atoms with Gasteiger partial charge in [0.25, 0.3) is 5.91 Å². The molecule has 1 amide bonds. The number of amides is 1. The molecule has 12 heteroatoms. The average molecular weight is 490 g/mol. The van der Waals surface area contributed by atoms with Crippen LogP contribution in [0, 0.1) is 12.7 Å². The Balaban J connectivity index is 1.41. The van der Waals surface area contributed by atoms with Crippen LogP contribution in [0.4, 0.5) is 34.8 Å². The van der Waals surface area contributed by atoms with Gasteiger partial charge in [0.05, 0.1) is 43.4 Å². The Labute approximate surface area is 198 Å². The second-order valence-electron chi connectivity index (χ2n) is 7.83. The topological polar surface area (TPSA) is 92.3 Å². The largest absolute Gasteiger partial charge is 0.416 e. The Morgan fingerprint density at radius 2 is 1.91 bits per heavy atom. The Morgan fingerprint density at radius 1 is 1.14 bits per heavy atom. The molecule has 1 saturated heterocycles. The van der Waals surface area contributed by atoms with E-state index in [1.807, 2.05) is 0 Å². The number of aryl methyl sites for hydroxylation is 1. The number of halogens is 4. The van der Waals surface area contributed by atoms with Crippen molar-refractivity contribution in [1.29, 1.82) is 0 Å². The van der Waals surface area contributed by atoms with Crippen molar-refractivity contribution in [1.82, 2.24) is 20.3 Å². The normalized spacial score (nSPS) is 14.0. The standard InChI is InChI=1S/C23H22F4N6O2/c1-14-9-18(28-12-19(14)31-16-4-2-3-15(10-16)23(25,26)27)22(34)30-13-20-29-11-17(24)21(32-20)33-5-7-35-8-6-33/h2-4,9-12,31H,5-8,13H2,1H3,(H,30,34). The molecule has 1 fully saturated rings. The molecule has 0 radical (unpaired) electrons. The van der Waals surface area contributed by atoms with Crippen molar-refractivity contribution in [2.75, 3.05) is 36.5 Å². The lowest BCUT2D eigenvalue weighted by molar-refractivity contribution is -0.137. The molecule has 0 bridgehead atoms. The summed E-state index contributed by atoms with van der Waals surface area (Å²) >= 11 is 0. The molecule has 8 nitrogen and oxygen atoms in total. The molecule has 2 aromatic heterocycles. The van der Waals surface area contributed by atoms with Crippen LogP contribution in [0.2, 0.25) is 0 Å². The lowest BCUT2D eigenvalue weighted by atomic mass is 10.1. The number of carbonyl (C=O) groups excluding carboxylic acids is 1. The van der Waals surface area contributed by atoms with Crippen molar-refractivity contribution in [2.24, 2.45) is 0 Å². The van der Waals surface area contributed by atoms with E-state index in [-0.39, 0.29) is 29.6 Å². The molecule has 3 heterocycles. The zero-order valence-electron chi connectivity index (χ0n) is 18.7. The number of benzene rings is 1. The molecule has 0 saturated carbocycles. The van der Waals surface area contributed by atoms with Crippen molar-refractivity contribution < 1.29 is 27.1 Å². The number of ether oxygens (including phenoxy) is 1. The number of rotatable bonds is 6. The van der Waals surface area contributed by atoms with Crippen LogP contribution in [-0.2, 0) is 17.5 Å². The highest BCUT2D eigenvalue weighted by atomic mass is 19.4. The summed E-state index contributed by atoms with van der Waals surface area (Å²) in [5.41, 5.74) is 0.635. The van der Waals surface area contributed by atoms with Gasteiger partial charge in [-0.2, -0.15) is 13.2 Å². The third-order valence-electron chi connectivity index (χ3n) is 5.31. The first-order valence-corrected chi connectivity index (χ1v) is 10.7. The third-order valence-corrected chi connectivity index (χ3v) is 5.31. The Kier molecular flexibility index (Phi) is 7.10. The predicted molar refractivity (Wildman–Crippen MR) is 120 cm³/mol. The van der Waals surface area contributed by atoms with Crippen molar-refractivity contribution in [3.05, 3.63) is 71.2 Å². The van der Waals surface area contributed by atoms with Gasteiger partial charge in [0.15, 0.2) is 11.6 Å². The van der Waals surface area contributed by atoms with Crippen molar-refractivity contribution >= 4 is 23.1 Å². The molecule has 1 aliphatic rings. The van der Waals surface area contributed by atoms with Gasteiger partial charge in [0, 0.05) is 18.8 Å². The van der Waals surface area contributed by atoms with Gasteiger partial charge in [-0.05, 0) is 36.8 Å². The lowest BCUT2D eigenvalue weighted by Crippen LogP contribution is -2.37. The minimum atomic E-state index is -4.45. The number of anilines is 3. The molecule has 3 aromatic rings. The number of alkyl halides is 3. The zero-order chi connectivity index (χ0) is 25.0. The van der Waals surface area contributed by atoms with Crippen molar-refractivity contribution in [3.63, 3.8) is 0 Å². The average Bonchev–Trinajstić information content (AvgIpc) is 2.85. The monoisotopic (exact) mass is 490 g/mol. The van der Waals surface area contributed by atoms with E-state index in [4.69, 9.17) is 4.74 Å². The highest BCUT2D eigenvalue weighted by Gasteiger charge is 2.30. The van der Waals surface area contributed by atoms with Crippen LogP contribution >= 0.6 is 0 Å². The van der Waals surface area contributed by atoms with E-state index in [0.717, 1.165) is 18.3 Å². The predicted octanol–water partition coefficient (Wildman–Crippen LogP) is 3.85. The van der Waals surface area contributed by atoms with Crippen LogP contribution in [0.5, 0.6) is 0 Å². The number of morpholine rings is 1. The highest BCUT2D eigenvalue weighted by Crippen LogP contribution is 2.31. The number of hydrogen-bond donors (Lipinski definition) is 2. The summed E-state index contributed by atoms with van der Waals surface area (Å²) < 4.78 is 58.3. The smallest absolute Gasteiger partial charge is 0.378 e. The fraction of sp³-hybridized carbons (Fsp3) is 0.304. The Hall–Kier alpha value is -3.80. The minimum absolute atomic E-state index is 0.0403. The van der Waals surface area contributed by atoms with Crippen LogP contribution in [0.25, 0.3) is 0 Å². The molecule has 0 atom stereocenters. The van der Waals surface area contributed by atoms with Gasteiger partial charge in [-0.3, -0.25) is 4.79 Å². The second-order valence-corrected chi connectivity index (χ2v) is 7.83. The van der Waals surface area contributed by atoms with E-state index in [2.05, 4.69) is 25.6 Å². The van der Waals surface area contributed by atoms with Gasteiger partial charge in [-0.25, -0.2) is 19.3 Å². The minimum Gasteiger partial charge on any atom is -0.378 e. The summed E-state index contributed by atoms with van der Waals surface area (Å²) in [5.74, 6) is -0.657. The fourth-order valence-electron chi connectivity index (χ4n) is 3.47. The molecule has 0 unspecified atom stereocenters. The highest BCUT2D eigenvalue weighted by molar-refractivity contribution is 5.92. The molecule has 1 aliphatic heterocycles. The Morgan fingerprint density at radius 3 is 2.63 bits per heavy atom. The number of pyridine rings is 1. The van der Waals surface area contributed by atoms with Crippen LogP contribution in [0.1, 0.15) is 27.4 Å². The number of carbonyl (C=O) groups is 1. The van der Waals surface area contributed by atoms with Gasteiger partial charge in [0.1, 0.15) is 11.5 Å². The van der Waals surface area contributed by atoms with Gasteiger partial charge < -0.3 is 20.3 Å². The van der Waals surface area contributed by atoms with E-state index in [0.29, 0.717) is 37.6 Å².